The van der Waals surface area contributed by atoms with Crippen molar-refractivity contribution >= 4 is 84.3 Å². The normalized spacial score (nSPS) is 19.8. The summed E-state index contributed by atoms with van der Waals surface area (Å²) in [5.74, 6) is -0.0215. The second-order valence-corrected chi connectivity index (χ2v) is 11.4. The summed E-state index contributed by atoms with van der Waals surface area (Å²) in [6, 6.07) is 0. The first-order chi connectivity index (χ1) is 14.4. The zero-order valence-corrected chi connectivity index (χ0v) is 21.2. The van der Waals surface area contributed by atoms with E-state index in [1.54, 1.807) is 0 Å². The van der Waals surface area contributed by atoms with Crippen LogP contribution in [0.15, 0.2) is 0 Å². The first-order valence-electron chi connectivity index (χ1n) is 8.48. The molecule has 1 aromatic heterocycles. The predicted molar refractivity (Wildman–Crippen MR) is 118 cm³/mol. The molecular formula is C13H20Cl5N3O8P2. The van der Waals surface area contributed by atoms with Crippen molar-refractivity contribution in [2.24, 2.45) is 0 Å². The van der Waals surface area contributed by atoms with Crippen molar-refractivity contribution in [3.63, 3.8) is 0 Å². The fourth-order valence-corrected chi connectivity index (χ4v) is 5.69. The Morgan fingerprint density at radius 2 is 1.16 bits per heavy atom. The molecule has 6 atom stereocenters. The number of halogens is 5. The lowest BCUT2D eigenvalue weighted by Crippen LogP contribution is -2.34. The fraction of sp³-hybridized carbons (Fsp3) is 0.769. The highest BCUT2D eigenvalue weighted by atomic mass is 35.5. The van der Waals surface area contributed by atoms with Crippen molar-refractivity contribution in [1.82, 2.24) is 15.0 Å². The Morgan fingerprint density at radius 1 is 0.806 bits per heavy atom. The number of aliphatic hydroxyl groups excluding tert-OH is 2. The predicted octanol–water partition coefficient (Wildman–Crippen LogP) is 1.37. The van der Waals surface area contributed by atoms with Crippen molar-refractivity contribution in [1.29, 1.82) is 0 Å². The molecule has 0 radical (unpaired) electrons. The minimum Gasteiger partial charge on any atom is -0.395 e. The summed E-state index contributed by atoms with van der Waals surface area (Å²) in [5.41, 5.74) is -1.92. The lowest BCUT2D eigenvalue weighted by atomic mass is 10.2. The van der Waals surface area contributed by atoms with Gasteiger partial charge in [-0.3, -0.25) is 18.2 Å². The number of rotatable bonds is 14. The zero-order valence-electron chi connectivity index (χ0n) is 15.6. The van der Waals surface area contributed by atoms with E-state index in [4.69, 9.17) is 67.1 Å². The molecule has 31 heavy (non-hydrogen) atoms. The average molecular weight is 586 g/mol. The van der Waals surface area contributed by atoms with Crippen molar-refractivity contribution in [3.05, 3.63) is 5.28 Å². The Bertz CT molecular complexity index is 752. The summed E-state index contributed by atoms with van der Waals surface area (Å²) < 4.78 is 35.5. The lowest BCUT2D eigenvalue weighted by molar-refractivity contribution is 0.142. The van der Waals surface area contributed by atoms with Crippen molar-refractivity contribution in [3.8, 4) is 0 Å². The molecule has 0 aliphatic carbocycles. The van der Waals surface area contributed by atoms with Crippen molar-refractivity contribution in [2.75, 3.05) is 25.0 Å². The van der Waals surface area contributed by atoms with Crippen LogP contribution < -0.4 is 11.1 Å². The zero-order chi connectivity index (χ0) is 23.8. The van der Waals surface area contributed by atoms with Gasteiger partial charge in [-0.1, -0.05) is 0 Å². The van der Waals surface area contributed by atoms with E-state index in [2.05, 4.69) is 15.0 Å². The van der Waals surface area contributed by atoms with Crippen LogP contribution >= 0.6 is 73.2 Å². The Kier molecular flexibility index (Phi) is 13.0. The lowest BCUT2D eigenvalue weighted by Gasteiger charge is -2.24. The summed E-state index contributed by atoms with van der Waals surface area (Å²) in [6.07, 6.45) is -2.37. The topological polar surface area (TPSA) is 172 Å². The molecule has 0 fully saturated rings. The van der Waals surface area contributed by atoms with Gasteiger partial charge in [0.05, 0.1) is 36.2 Å². The molecule has 1 heterocycles. The van der Waals surface area contributed by atoms with Gasteiger partial charge in [0, 0.05) is 11.8 Å². The molecule has 0 aromatic carbocycles. The molecule has 0 amide bonds. The smallest absolute Gasteiger partial charge is 0.395 e. The molecule has 6 unspecified atom stereocenters. The van der Waals surface area contributed by atoms with E-state index < -0.39 is 67.8 Å². The third-order valence-corrected chi connectivity index (χ3v) is 7.56. The summed E-state index contributed by atoms with van der Waals surface area (Å²) in [4.78, 5) is 31.0. The van der Waals surface area contributed by atoms with E-state index in [1.165, 1.54) is 0 Å². The molecule has 0 bridgehead atoms. The maximum Gasteiger partial charge on any atom is 0.396 e. The van der Waals surface area contributed by atoms with Gasteiger partial charge in [0.1, 0.15) is 0 Å². The average Bonchev–Trinajstić information content (AvgIpc) is 2.71. The van der Waals surface area contributed by atoms with Gasteiger partial charge >= 0.3 is 15.2 Å². The van der Waals surface area contributed by atoms with Crippen LogP contribution in [0.1, 0.15) is 12.8 Å². The standard InChI is InChI=1S/C13H20Cl5N3O8P2/c14-3-1-9(7(16)5-22)28-30(24,25)12-19-11(18)20-13(21-12)31(26,27)29-10(2-4-15)8(17)6-23/h7-10,22-23H,1-6H2,(H,24,25)(H,26,27). The van der Waals surface area contributed by atoms with Gasteiger partial charge in [-0.25, -0.2) is 0 Å². The quantitative estimate of drug-likeness (QED) is 0.184. The van der Waals surface area contributed by atoms with Gasteiger partial charge in [0.25, 0.3) is 0 Å². The highest BCUT2D eigenvalue weighted by Gasteiger charge is 2.39. The van der Waals surface area contributed by atoms with Crippen LogP contribution in [0, 0.1) is 0 Å². The molecule has 0 spiro atoms. The van der Waals surface area contributed by atoms with Crippen LogP contribution in [0.5, 0.6) is 0 Å². The number of aromatic nitrogens is 3. The monoisotopic (exact) mass is 583 g/mol. The second kappa shape index (κ2) is 13.5. The number of aliphatic hydroxyl groups is 2. The largest absolute Gasteiger partial charge is 0.396 e. The van der Waals surface area contributed by atoms with Gasteiger partial charge in [-0.2, -0.15) is 15.0 Å². The van der Waals surface area contributed by atoms with Crippen molar-refractivity contribution in [2.45, 2.75) is 35.8 Å². The Hall–Kier alpha value is 0.680. The van der Waals surface area contributed by atoms with Crippen LogP contribution in [0.3, 0.4) is 0 Å². The van der Waals surface area contributed by atoms with E-state index in [0.717, 1.165) is 0 Å². The SMILES string of the molecule is O=P(O)(OC(CCCl)C(Cl)CO)c1nc(Cl)nc(P(=O)(O)OC(CCCl)C(Cl)CO)n1. The fourth-order valence-electron chi connectivity index (χ4n) is 2.09. The van der Waals surface area contributed by atoms with Crippen LogP contribution in [0.4, 0.5) is 0 Å². The van der Waals surface area contributed by atoms with Crippen molar-refractivity contribution < 1.29 is 38.2 Å². The molecule has 0 saturated carbocycles. The third kappa shape index (κ3) is 9.09. The van der Waals surface area contributed by atoms with Crippen LogP contribution in [-0.2, 0) is 18.2 Å². The van der Waals surface area contributed by atoms with Crippen LogP contribution in [0.2, 0.25) is 5.28 Å². The first kappa shape index (κ1) is 29.7. The Morgan fingerprint density at radius 3 is 1.45 bits per heavy atom. The number of alkyl halides is 4. The third-order valence-electron chi connectivity index (χ3n) is 3.59. The second-order valence-electron chi connectivity index (χ2n) is 5.89. The van der Waals surface area contributed by atoms with E-state index in [-0.39, 0.29) is 24.6 Å². The van der Waals surface area contributed by atoms with E-state index >= 15 is 0 Å². The molecule has 0 aliphatic heterocycles. The minimum absolute atomic E-state index is 0.00745. The van der Waals surface area contributed by atoms with E-state index in [9.17, 15) is 29.1 Å². The van der Waals surface area contributed by atoms with Gasteiger partial charge in [0.2, 0.25) is 16.4 Å². The summed E-state index contributed by atoms with van der Waals surface area (Å²) in [5, 5.41) is 15.5. The van der Waals surface area contributed by atoms with Gasteiger partial charge in [-0.15, -0.1) is 46.4 Å². The minimum atomic E-state index is -4.87. The van der Waals surface area contributed by atoms with E-state index in [0.29, 0.717) is 0 Å². The molecule has 0 saturated heterocycles. The molecule has 4 N–H and O–H groups in total. The molecule has 180 valence electrons. The summed E-state index contributed by atoms with van der Waals surface area (Å²) in [7, 11) is -9.74. The number of hydrogen-bond donors (Lipinski definition) is 4. The first-order valence-corrected chi connectivity index (χ1v) is 14.0. The highest BCUT2D eigenvalue weighted by molar-refractivity contribution is 7.62. The summed E-state index contributed by atoms with van der Waals surface area (Å²) in [6.45, 7) is -1.17. The number of nitrogens with zero attached hydrogens (tertiary/aromatic N) is 3. The molecule has 1 rings (SSSR count). The molecule has 0 aliphatic rings. The van der Waals surface area contributed by atoms with Crippen LogP contribution in [0.25, 0.3) is 0 Å². The molecule has 11 nitrogen and oxygen atoms in total. The Labute approximate surface area is 203 Å². The molecular weight excluding hydrogens is 565 g/mol. The number of hydrogen-bond acceptors (Lipinski definition) is 9. The Balaban J connectivity index is 3.27. The summed E-state index contributed by atoms with van der Waals surface area (Å²) >= 11 is 28.7. The highest BCUT2D eigenvalue weighted by Crippen LogP contribution is 2.45. The van der Waals surface area contributed by atoms with Crippen LogP contribution in [-0.4, -0.2) is 82.9 Å². The van der Waals surface area contributed by atoms with Gasteiger partial charge in [-0.05, 0) is 24.4 Å². The molecule has 18 heteroatoms. The maximum atomic E-state index is 12.7. The van der Waals surface area contributed by atoms with E-state index in [1.807, 2.05) is 0 Å². The van der Waals surface area contributed by atoms with Gasteiger partial charge in [0.15, 0.2) is 0 Å². The van der Waals surface area contributed by atoms with Gasteiger partial charge < -0.3 is 20.0 Å². The molecule has 1 aromatic rings. The maximum absolute atomic E-state index is 12.7.